The summed E-state index contributed by atoms with van der Waals surface area (Å²) in [6.45, 7) is 4.08. The van der Waals surface area contributed by atoms with Gasteiger partial charge in [0.15, 0.2) is 0 Å². The van der Waals surface area contributed by atoms with Gasteiger partial charge in [0.1, 0.15) is 0 Å². The van der Waals surface area contributed by atoms with Crippen molar-refractivity contribution in [3.8, 4) is 0 Å². The smallest absolute Gasteiger partial charge is 0.266 e. The van der Waals surface area contributed by atoms with Gasteiger partial charge in [-0.3, -0.25) is 0 Å². The highest BCUT2D eigenvalue weighted by Gasteiger charge is 2.31. The molecule has 3 rings (SSSR count). The zero-order valence-corrected chi connectivity index (χ0v) is 11.8. The maximum absolute atomic E-state index is 5.40. The van der Waals surface area contributed by atoms with E-state index in [9.17, 15) is 0 Å². The van der Waals surface area contributed by atoms with Gasteiger partial charge in [0.05, 0.1) is 0 Å². The Bertz CT molecular complexity index is 409. The predicted octanol–water partition coefficient (Wildman–Crippen LogP) is 0.362. The van der Waals surface area contributed by atoms with Crippen LogP contribution in [0, 0.1) is 5.92 Å². The minimum Gasteiger partial charge on any atom is -0.337 e. The molecule has 0 bridgehead atoms. The third-order valence-corrected chi connectivity index (χ3v) is 4.20. The van der Waals surface area contributed by atoms with Crippen LogP contribution in [0.4, 0.5) is 5.95 Å². The van der Waals surface area contributed by atoms with Crippen LogP contribution in [0.15, 0.2) is 4.52 Å². The van der Waals surface area contributed by atoms with Crippen LogP contribution in [0.1, 0.15) is 18.7 Å². The lowest BCUT2D eigenvalue weighted by molar-refractivity contribution is 0.308. The van der Waals surface area contributed by atoms with Crippen molar-refractivity contribution in [2.75, 3.05) is 45.2 Å². The van der Waals surface area contributed by atoms with E-state index in [1.807, 2.05) is 7.05 Å². The molecule has 2 aliphatic rings. The Morgan fingerprint density at radius 3 is 2.68 bits per heavy atom. The summed E-state index contributed by atoms with van der Waals surface area (Å²) < 4.78 is 5.40. The fourth-order valence-electron chi connectivity index (χ4n) is 2.65. The molecule has 2 fully saturated rings. The van der Waals surface area contributed by atoms with E-state index in [-0.39, 0.29) is 0 Å². The summed E-state index contributed by atoms with van der Waals surface area (Å²) in [6, 6.07) is 0.487. The maximum Gasteiger partial charge on any atom is 0.266 e. The standard InChI is InChI=1S/C13H23N5O/c1-14-11(10-3-4-10)9-12-15-13(16-19-12)18-7-5-17(2)6-8-18/h10-11,14H,3-9H2,1-2H3. The lowest BCUT2D eigenvalue weighted by atomic mass is 10.1. The molecule has 2 heterocycles. The number of anilines is 1. The largest absolute Gasteiger partial charge is 0.337 e. The second-order valence-electron chi connectivity index (χ2n) is 5.72. The van der Waals surface area contributed by atoms with Gasteiger partial charge in [-0.15, -0.1) is 0 Å². The fourth-order valence-corrected chi connectivity index (χ4v) is 2.65. The van der Waals surface area contributed by atoms with Crippen LogP contribution in [-0.4, -0.2) is 61.4 Å². The molecule has 1 atom stereocenters. The van der Waals surface area contributed by atoms with Crippen LogP contribution < -0.4 is 10.2 Å². The van der Waals surface area contributed by atoms with Gasteiger partial charge >= 0.3 is 0 Å². The van der Waals surface area contributed by atoms with E-state index in [1.54, 1.807) is 0 Å². The first kappa shape index (κ1) is 12.9. The highest BCUT2D eigenvalue weighted by atomic mass is 16.5. The molecule has 0 amide bonds. The van der Waals surface area contributed by atoms with Gasteiger partial charge in [0.2, 0.25) is 5.89 Å². The van der Waals surface area contributed by atoms with Crippen LogP contribution >= 0.6 is 0 Å². The third kappa shape index (κ3) is 3.06. The van der Waals surface area contributed by atoms with E-state index in [0.717, 1.165) is 50.4 Å². The Morgan fingerprint density at radius 1 is 1.32 bits per heavy atom. The van der Waals surface area contributed by atoms with Crippen LogP contribution in [0.2, 0.25) is 0 Å². The molecule has 0 radical (unpaired) electrons. The molecule has 6 heteroatoms. The number of likely N-dealkylation sites (N-methyl/N-ethyl adjacent to an activating group) is 2. The first-order valence-electron chi connectivity index (χ1n) is 7.19. The van der Waals surface area contributed by atoms with Crippen molar-refractivity contribution in [1.82, 2.24) is 20.4 Å². The molecule has 0 spiro atoms. The molecular weight excluding hydrogens is 242 g/mol. The van der Waals surface area contributed by atoms with Gasteiger partial charge in [-0.1, -0.05) is 0 Å². The predicted molar refractivity (Wildman–Crippen MR) is 73.3 cm³/mol. The molecule has 1 aliphatic heterocycles. The van der Waals surface area contributed by atoms with Gasteiger partial charge < -0.3 is 19.6 Å². The summed E-state index contributed by atoms with van der Waals surface area (Å²) in [5.41, 5.74) is 0. The Labute approximate surface area is 114 Å². The Morgan fingerprint density at radius 2 is 2.05 bits per heavy atom. The number of hydrogen-bond acceptors (Lipinski definition) is 6. The van der Waals surface area contributed by atoms with Gasteiger partial charge in [0.25, 0.3) is 5.95 Å². The highest BCUT2D eigenvalue weighted by Crippen LogP contribution is 2.33. The summed E-state index contributed by atoms with van der Waals surface area (Å²) in [5.74, 6) is 2.32. The number of piperazine rings is 1. The van der Waals surface area contributed by atoms with E-state index in [4.69, 9.17) is 4.52 Å². The Hall–Kier alpha value is -1.14. The van der Waals surface area contributed by atoms with Crippen molar-refractivity contribution in [3.05, 3.63) is 5.89 Å². The summed E-state index contributed by atoms with van der Waals surface area (Å²) in [6.07, 6.45) is 3.50. The lowest BCUT2D eigenvalue weighted by Crippen LogP contribution is -2.44. The van der Waals surface area contributed by atoms with E-state index in [2.05, 4.69) is 32.3 Å². The van der Waals surface area contributed by atoms with Gasteiger partial charge in [-0.05, 0) is 38.0 Å². The zero-order chi connectivity index (χ0) is 13.2. The molecule has 1 aliphatic carbocycles. The lowest BCUT2D eigenvalue weighted by Gasteiger charge is -2.31. The molecule has 6 nitrogen and oxygen atoms in total. The molecule has 1 saturated carbocycles. The molecule has 1 unspecified atom stereocenters. The number of nitrogens with one attached hydrogen (secondary N) is 1. The molecule has 1 aromatic heterocycles. The number of nitrogens with zero attached hydrogens (tertiary/aromatic N) is 4. The van der Waals surface area contributed by atoms with Crippen molar-refractivity contribution in [3.63, 3.8) is 0 Å². The molecular formula is C13H23N5O. The summed E-state index contributed by atoms with van der Waals surface area (Å²) in [5, 5.41) is 7.48. The van der Waals surface area contributed by atoms with Crippen molar-refractivity contribution < 1.29 is 4.52 Å². The van der Waals surface area contributed by atoms with Crippen LogP contribution in [0.3, 0.4) is 0 Å². The second kappa shape index (κ2) is 5.46. The SMILES string of the molecule is CNC(Cc1nc(N2CCN(C)CC2)no1)C1CC1. The topological polar surface area (TPSA) is 57.4 Å². The van der Waals surface area contributed by atoms with Crippen molar-refractivity contribution in [1.29, 1.82) is 0 Å². The minimum absolute atomic E-state index is 0.487. The monoisotopic (exact) mass is 265 g/mol. The number of hydrogen-bond donors (Lipinski definition) is 1. The van der Waals surface area contributed by atoms with Crippen molar-refractivity contribution in [2.45, 2.75) is 25.3 Å². The molecule has 19 heavy (non-hydrogen) atoms. The van der Waals surface area contributed by atoms with Crippen molar-refractivity contribution in [2.24, 2.45) is 5.92 Å². The second-order valence-corrected chi connectivity index (χ2v) is 5.72. The molecule has 1 N–H and O–H groups in total. The summed E-state index contributed by atoms with van der Waals surface area (Å²) in [7, 11) is 4.16. The molecule has 106 valence electrons. The van der Waals surface area contributed by atoms with Gasteiger partial charge in [-0.25, -0.2) is 0 Å². The first-order chi connectivity index (χ1) is 9.26. The van der Waals surface area contributed by atoms with E-state index < -0.39 is 0 Å². The van der Waals surface area contributed by atoms with Crippen LogP contribution in [-0.2, 0) is 6.42 Å². The average molecular weight is 265 g/mol. The minimum atomic E-state index is 0.487. The first-order valence-corrected chi connectivity index (χ1v) is 7.19. The normalized spacial score (nSPS) is 22.7. The molecule has 1 aromatic rings. The third-order valence-electron chi connectivity index (χ3n) is 4.20. The van der Waals surface area contributed by atoms with Crippen LogP contribution in [0.5, 0.6) is 0 Å². The average Bonchev–Trinajstić information content (AvgIpc) is 3.16. The van der Waals surface area contributed by atoms with E-state index in [0.29, 0.717) is 6.04 Å². The zero-order valence-electron chi connectivity index (χ0n) is 11.8. The molecule has 0 aromatic carbocycles. The van der Waals surface area contributed by atoms with Crippen LogP contribution in [0.25, 0.3) is 0 Å². The summed E-state index contributed by atoms with van der Waals surface area (Å²) >= 11 is 0. The Kier molecular flexibility index (Phi) is 3.70. The quantitative estimate of drug-likeness (QED) is 0.830. The highest BCUT2D eigenvalue weighted by molar-refractivity contribution is 5.28. The fraction of sp³-hybridized carbons (Fsp3) is 0.846. The van der Waals surface area contributed by atoms with E-state index in [1.165, 1.54) is 12.8 Å². The number of aromatic nitrogens is 2. The van der Waals surface area contributed by atoms with Gasteiger partial charge in [0, 0.05) is 38.6 Å². The van der Waals surface area contributed by atoms with Crippen molar-refractivity contribution >= 4 is 5.95 Å². The summed E-state index contributed by atoms with van der Waals surface area (Å²) in [4.78, 5) is 9.07. The Balaban J connectivity index is 1.59. The maximum atomic E-state index is 5.40. The molecule has 1 saturated heterocycles. The van der Waals surface area contributed by atoms with E-state index >= 15 is 0 Å². The van der Waals surface area contributed by atoms with Gasteiger partial charge in [-0.2, -0.15) is 4.98 Å². The number of rotatable bonds is 5.